The Labute approximate surface area is 123 Å². The second-order valence-electron chi connectivity index (χ2n) is 5.97. The van der Waals surface area contributed by atoms with Crippen molar-refractivity contribution in [2.45, 2.75) is 84.6 Å². The van der Waals surface area contributed by atoms with E-state index in [-0.39, 0.29) is 0 Å². The van der Waals surface area contributed by atoms with Gasteiger partial charge in [-0.15, -0.1) is 0 Å². The molecule has 0 fully saturated rings. The van der Waals surface area contributed by atoms with Crippen LogP contribution in [0.15, 0.2) is 12.3 Å². The standard InChI is InChI=1S/C17H30N2O/c1-4-5-6-7-8-9-10-11-17(20)14-16-12-13-19(18-16)15(2)3/h12-13,15H,4-11,14H2,1-3H3. The summed E-state index contributed by atoms with van der Waals surface area (Å²) >= 11 is 0. The molecule has 0 aliphatic carbocycles. The first-order chi connectivity index (χ1) is 9.63. The predicted octanol–water partition coefficient (Wildman–Crippen LogP) is 4.72. The normalized spacial score (nSPS) is 11.2. The highest BCUT2D eigenvalue weighted by molar-refractivity contribution is 5.80. The van der Waals surface area contributed by atoms with Gasteiger partial charge in [-0.25, -0.2) is 0 Å². The topological polar surface area (TPSA) is 34.9 Å². The zero-order valence-electron chi connectivity index (χ0n) is 13.4. The zero-order chi connectivity index (χ0) is 14.8. The van der Waals surface area contributed by atoms with E-state index in [0.717, 1.165) is 12.1 Å². The largest absolute Gasteiger partial charge is 0.299 e. The van der Waals surface area contributed by atoms with Gasteiger partial charge in [0, 0.05) is 18.7 Å². The van der Waals surface area contributed by atoms with Crippen molar-refractivity contribution >= 4 is 5.78 Å². The smallest absolute Gasteiger partial charge is 0.138 e. The lowest BCUT2D eigenvalue weighted by Gasteiger charge is -2.04. The zero-order valence-corrected chi connectivity index (χ0v) is 13.4. The predicted molar refractivity (Wildman–Crippen MR) is 83.9 cm³/mol. The van der Waals surface area contributed by atoms with E-state index in [0.29, 0.717) is 24.7 Å². The van der Waals surface area contributed by atoms with Gasteiger partial charge in [0.15, 0.2) is 0 Å². The molecule has 3 heteroatoms. The second-order valence-corrected chi connectivity index (χ2v) is 5.97. The van der Waals surface area contributed by atoms with Crippen LogP contribution in [0.3, 0.4) is 0 Å². The minimum absolute atomic E-state index is 0.326. The van der Waals surface area contributed by atoms with Crippen LogP contribution < -0.4 is 0 Å². The number of rotatable bonds is 11. The van der Waals surface area contributed by atoms with Crippen molar-refractivity contribution < 1.29 is 4.79 Å². The highest BCUT2D eigenvalue weighted by Crippen LogP contribution is 2.10. The average molecular weight is 278 g/mol. The molecule has 0 unspecified atom stereocenters. The third-order valence-electron chi connectivity index (χ3n) is 3.63. The number of aromatic nitrogens is 2. The Balaban J connectivity index is 2.10. The number of carbonyl (C=O) groups excluding carboxylic acids is 1. The Morgan fingerprint density at radius 1 is 1.15 bits per heavy atom. The monoisotopic (exact) mass is 278 g/mol. The van der Waals surface area contributed by atoms with Gasteiger partial charge in [-0.3, -0.25) is 9.48 Å². The van der Waals surface area contributed by atoms with E-state index in [1.165, 1.54) is 38.5 Å². The molecule has 1 aromatic rings. The summed E-state index contributed by atoms with van der Waals surface area (Å²) in [6.45, 7) is 6.42. The lowest BCUT2D eigenvalue weighted by atomic mass is 10.1. The van der Waals surface area contributed by atoms with Gasteiger partial charge in [-0.2, -0.15) is 5.10 Å². The SMILES string of the molecule is CCCCCCCCCC(=O)Cc1ccn(C(C)C)n1. The first-order valence-corrected chi connectivity index (χ1v) is 8.19. The fourth-order valence-corrected chi connectivity index (χ4v) is 2.33. The number of Topliss-reactive ketones (excluding diaryl/α,β-unsaturated/α-hetero) is 1. The van der Waals surface area contributed by atoms with Crippen LogP contribution in [0.1, 0.15) is 83.9 Å². The highest BCUT2D eigenvalue weighted by atomic mass is 16.1. The number of hydrogen-bond acceptors (Lipinski definition) is 2. The van der Waals surface area contributed by atoms with Crippen LogP contribution in [0.2, 0.25) is 0 Å². The molecule has 0 aliphatic heterocycles. The summed E-state index contributed by atoms with van der Waals surface area (Å²) in [5.74, 6) is 0.326. The second kappa shape index (κ2) is 9.73. The van der Waals surface area contributed by atoms with Crippen LogP contribution in [-0.4, -0.2) is 15.6 Å². The molecule has 0 aromatic carbocycles. The van der Waals surface area contributed by atoms with Crippen molar-refractivity contribution in [3.8, 4) is 0 Å². The molecule has 0 saturated carbocycles. The van der Waals surface area contributed by atoms with Crippen molar-refractivity contribution in [3.63, 3.8) is 0 Å². The van der Waals surface area contributed by atoms with Crippen LogP contribution >= 0.6 is 0 Å². The van der Waals surface area contributed by atoms with E-state index in [1.54, 1.807) is 0 Å². The third-order valence-corrected chi connectivity index (χ3v) is 3.63. The molecule has 1 heterocycles. The molecule has 0 radical (unpaired) electrons. The van der Waals surface area contributed by atoms with Gasteiger partial charge in [0.25, 0.3) is 0 Å². The Morgan fingerprint density at radius 3 is 2.40 bits per heavy atom. The number of hydrogen-bond donors (Lipinski definition) is 0. The summed E-state index contributed by atoms with van der Waals surface area (Å²) < 4.78 is 1.91. The van der Waals surface area contributed by atoms with Gasteiger partial charge >= 0.3 is 0 Å². The molecule has 0 amide bonds. The maximum absolute atomic E-state index is 11.9. The maximum atomic E-state index is 11.9. The summed E-state index contributed by atoms with van der Waals surface area (Å²) in [5, 5.41) is 4.42. The molecule has 1 aromatic heterocycles. The van der Waals surface area contributed by atoms with E-state index >= 15 is 0 Å². The van der Waals surface area contributed by atoms with Crippen molar-refractivity contribution in [1.82, 2.24) is 9.78 Å². The van der Waals surface area contributed by atoms with Crippen LogP contribution in [-0.2, 0) is 11.2 Å². The van der Waals surface area contributed by atoms with Crippen LogP contribution in [0.4, 0.5) is 0 Å². The Morgan fingerprint density at radius 2 is 1.80 bits per heavy atom. The van der Waals surface area contributed by atoms with Crippen molar-refractivity contribution in [2.24, 2.45) is 0 Å². The van der Waals surface area contributed by atoms with Crippen LogP contribution in [0, 0.1) is 0 Å². The number of unbranched alkanes of at least 4 members (excludes halogenated alkanes) is 6. The van der Waals surface area contributed by atoms with Gasteiger partial charge in [0.2, 0.25) is 0 Å². The van der Waals surface area contributed by atoms with Gasteiger partial charge in [-0.05, 0) is 26.3 Å². The van der Waals surface area contributed by atoms with E-state index in [4.69, 9.17) is 0 Å². The van der Waals surface area contributed by atoms with Gasteiger partial charge in [0.1, 0.15) is 5.78 Å². The molecular formula is C17H30N2O. The van der Waals surface area contributed by atoms with E-state index in [2.05, 4.69) is 25.9 Å². The molecule has 0 spiro atoms. The third kappa shape index (κ3) is 6.88. The fourth-order valence-electron chi connectivity index (χ4n) is 2.33. The number of carbonyl (C=O) groups is 1. The summed E-state index contributed by atoms with van der Waals surface area (Å²) in [4.78, 5) is 11.9. The molecule has 20 heavy (non-hydrogen) atoms. The van der Waals surface area contributed by atoms with E-state index < -0.39 is 0 Å². The molecule has 0 bridgehead atoms. The highest BCUT2D eigenvalue weighted by Gasteiger charge is 2.07. The number of nitrogens with zero attached hydrogens (tertiary/aromatic N) is 2. The quantitative estimate of drug-likeness (QED) is 0.549. The maximum Gasteiger partial charge on any atom is 0.138 e. The minimum Gasteiger partial charge on any atom is -0.299 e. The van der Waals surface area contributed by atoms with Crippen molar-refractivity contribution in [2.75, 3.05) is 0 Å². The summed E-state index contributed by atoms with van der Waals surface area (Å²) in [6, 6.07) is 2.32. The number of ketones is 1. The molecule has 0 aliphatic rings. The molecule has 1 rings (SSSR count). The Hall–Kier alpha value is -1.12. The van der Waals surface area contributed by atoms with Gasteiger partial charge in [-0.1, -0.05) is 45.4 Å². The summed E-state index contributed by atoms with van der Waals surface area (Å²) in [7, 11) is 0. The minimum atomic E-state index is 0.326. The molecule has 114 valence electrons. The molecule has 0 saturated heterocycles. The van der Waals surface area contributed by atoms with E-state index in [1.807, 2.05) is 16.9 Å². The molecule has 0 atom stereocenters. The summed E-state index contributed by atoms with van der Waals surface area (Å²) in [5.41, 5.74) is 0.909. The molecule has 0 N–H and O–H groups in total. The first kappa shape index (κ1) is 16.9. The van der Waals surface area contributed by atoms with Crippen LogP contribution in [0.25, 0.3) is 0 Å². The fraction of sp³-hybridized carbons (Fsp3) is 0.765. The van der Waals surface area contributed by atoms with Crippen LogP contribution in [0.5, 0.6) is 0 Å². The first-order valence-electron chi connectivity index (χ1n) is 8.19. The molecular weight excluding hydrogens is 248 g/mol. The van der Waals surface area contributed by atoms with Gasteiger partial charge < -0.3 is 0 Å². The van der Waals surface area contributed by atoms with Crippen molar-refractivity contribution in [1.29, 1.82) is 0 Å². The Kier molecular flexibility index (Phi) is 8.24. The lowest BCUT2D eigenvalue weighted by molar-refractivity contribution is -0.118. The molecule has 3 nitrogen and oxygen atoms in total. The van der Waals surface area contributed by atoms with Gasteiger partial charge in [0.05, 0.1) is 12.1 Å². The lowest BCUT2D eigenvalue weighted by Crippen LogP contribution is -2.06. The Bertz CT molecular complexity index is 382. The van der Waals surface area contributed by atoms with E-state index in [9.17, 15) is 4.79 Å². The average Bonchev–Trinajstić information content (AvgIpc) is 2.86. The summed E-state index contributed by atoms with van der Waals surface area (Å²) in [6.07, 6.45) is 12.0. The van der Waals surface area contributed by atoms with Crippen molar-refractivity contribution in [3.05, 3.63) is 18.0 Å².